The van der Waals surface area contributed by atoms with Crippen LogP contribution in [0.2, 0.25) is 5.28 Å². The third-order valence-electron chi connectivity index (χ3n) is 1.56. The first-order valence-electron chi connectivity index (χ1n) is 3.61. The van der Waals surface area contributed by atoms with Crippen molar-refractivity contribution in [3.8, 4) is 10.6 Å². The average Bonchev–Trinajstić information content (AvgIpc) is 2.51. The van der Waals surface area contributed by atoms with Crippen LogP contribution in [0.5, 0.6) is 0 Å². The van der Waals surface area contributed by atoms with Gasteiger partial charge in [-0.2, -0.15) is 4.37 Å². The van der Waals surface area contributed by atoms with Crippen molar-refractivity contribution < 1.29 is 4.39 Å². The van der Waals surface area contributed by atoms with Gasteiger partial charge in [0.2, 0.25) is 5.28 Å². The molecule has 0 unspecified atom stereocenters. The van der Waals surface area contributed by atoms with E-state index in [-0.39, 0.29) is 11.1 Å². The summed E-state index contributed by atoms with van der Waals surface area (Å²) in [6, 6.07) is 4.39. The average molecular weight is 294 g/mol. The topological polar surface area (TPSA) is 25.8 Å². The Balaban J connectivity index is 2.52. The Bertz CT molecular complexity index is 474. The summed E-state index contributed by atoms with van der Waals surface area (Å²) in [5.74, 6) is -0.295. The summed E-state index contributed by atoms with van der Waals surface area (Å²) in [7, 11) is 0. The van der Waals surface area contributed by atoms with Crippen LogP contribution in [0.25, 0.3) is 10.6 Å². The second-order valence-electron chi connectivity index (χ2n) is 2.49. The maximum absolute atomic E-state index is 12.8. The molecule has 0 radical (unpaired) electrons. The number of benzene rings is 1. The Kier molecular flexibility index (Phi) is 2.80. The van der Waals surface area contributed by atoms with E-state index < -0.39 is 0 Å². The van der Waals surface area contributed by atoms with E-state index in [4.69, 9.17) is 11.6 Å². The third-order valence-corrected chi connectivity index (χ3v) is 3.24. The highest BCUT2D eigenvalue weighted by Crippen LogP contribution is 2.30. The number of hydrogen-bond donors (Lipinski definition) is 0. The van der Waals surface area contributed by atoms with Crippen LogP contribution >= 0.6 is 39.1 Å². The molecule has 0 aliphatic carbocycles. The fourth-order valence-corrected chi connectivity index (χ4v) is 2.49. The molecule has 0 aliphatic heterocycles. The second-order valence-corrected chi connectivity index (χ2v) is 4.44. The molecule has 1 aromatic carbocycles. The lowest BCUT2D eigenvalue weighted by atomic mass is 10.2. The van der Waals surface area contributed by atoms with Crippen molar-refractivity contribution in [3.63, 3.8) is 0 Å². The maximum atomic E-state index is 12.8. The van der Waals surface area contributed by atoms with E-state index in [1.165, 1.54) is 23.7 Å². The molecule has 72 valence electrons. The number of aromatic nitrogens is 2. The zero-order chi connectivity index (χ0) is 10.1. The van der Waals surface area contributed by atoms with E-state index in [0.29, 0.717) is 9.48 Å². The van der Waals surface area contributed by atoms with Crippen molar-refractivity contribution in [1.29, 1.82) is 0 Å². The molecule has 1 aromatic heterocycles. The fraction of sp³-hybridized carbons (Fsp3) is 0. The molecule has 0 spiro atoms. The summed E-state index contributed by atoms with van der Waals surface area (Å²) < 4.78 is 17.3. The predicted octanol–water partition coefficient (Wildman–Crippen LogP) is 3.76. The van der Waals surface area contributed by atoms with Crippen molar-refractivity contribution in [3.05, 3.63) is 33.8 Å². The van der Waals surface area contributed by atoms with E-state index in [0.717, 1.165) is 5.56 Å². The second kappa shape index (κ2) is 3.92. The molecule has 0 saturated carbocycles. The summed E-state index contributed by atoms with van der Waals surface area (Å²) in [6.07, 6.45) is 0. The first kappa shape index (κ1) is 10.0. The zero-order valence-electron chi connectivity index (χ0n) is 6.67. The fourth-order valence-electron chi connectivity index (χ4n) is 0.978. The highest BCUT2D eigenvalue weighted by Gasteiger charge is 2.09. The van der Waals surface area contributed by atoms with Gasteiger partial charge in [0.15, 0.2) is 0 Å². The molecule has 0 bridgehead atoms. The van der Waals surface area contributed by atoms with Crippen molar-refractivity contribution >= 4 is 39.1 Å². The lowest BCUT2D eigenvalue weighted by Gasteiger charge is -1.98. The smallest absolute Gasteiger partial charge is 0.207 e. The summed E-state index contributed by atoms with van der Waals surface area (Å²) in [5.41, 5.74) is 0.788. The standard InChI is InChI=1S/C8H3BrClFN2S/c9-6-3-4(11)1-2-5(6)7-12-8(10)13-14-7/h1-3H. The minimum Gasteiger partial charge on any atom is -0.207 e. The molecule has 0 saturated heterocycles. The van der Waals surface area contributed by atoms with Gasteiger partial charge in [0, 0.05) is 10.0 Å². The number of nitrogens with zero attached hydrogens (tertiary/aromatic N) is 2. The molecular weight excluding hydrogens is 291 g/mol. The zero-order valence-corrected chi connectivity index (χ0v) is 9.83. The van der Waals surface area contributed by atoms with Gasteiger partial charge in [-0.1, -0.05) is 0 Å². The van der Waals surface area contributed by atoms with Gasteiger partial charge in [-0.3, -0.25) is 0 Å². The van der Waals surface area contributed by atoms with E-state index in [9.17, 15) is 4.39 Å². The molecule has 0 N–H and O–H groups in total. The first-order valence-corrected chi connectivity index (χ1v) is 5.56. The van der Waals surface area contributed by atoms with Crippen LogP contribution in [0.1, 0.15) is 0 Å². The maximum Gasteiger partial charge on any atom is 0.234 e. The third kappa shape index (κ3) is 1.94. The molecule has 6 heteroatoms. The summed E-state index contributed by atoms with van der Waals surface area (Å²) >= 11 is 10.0. The van der Waals surface area contributed by atoms with Crippen LogP contribution < -0.4 is 0 Å². The quantitative estimate of drug-likeness (QED) is 0.800. The Morgan fingerprint density at radius 3 is 2.79 bits per heavy atom. The Hall–Kier alpha value is -0.520. The number of hydrogen-bond acceptors (Lipinski definition) is 3. The lowest BCUT2D eigenvalue weighted by Crippen LogP contribution is -1.80. The number of rotatable bonds is 1. The molecule has 0 aliphatic rings. The van der Waals surface area contributed by atoms with Crippen molar-refractivity contribution in [2.75, 3.05) is 0 Å². The molecule has 0 fully saturated rings. The minimum atomic E-state index is -0.295. The molecular formula is C8H3BrClFN2S. The van der Waals surface area contributed by atoms with E-state index >= 15 is 0 Å². The van der Waals surface area contributed by atoms with Crippen molar-refractivity contribution in [2.24, 2.45) is 0 Å². The van der Waals surface area contributed by atoms with Crippen LogP contribution in [-0.4, -0.2) is 9.36 Å². The first-order chi connectivity index (χ1) is 6.66. The predicted molar refractivity (Wildman–Crippen MR) is 58.0 cm³/mol. The summed E-state index contributed by atoms with van der Waals surface area (Å²) in [5, 5.41) is 0.878. The van der Waals surface area contributed by atoms with Crippen molar-refractivity contribution in [2.45, 2.75) is 0 Å². The van der Waals surface area contributed by atoms with E-state index in [1.54, 1.807) is 6.07 Å². The van der Waals surface area contributed by atoms with Gasteiger partial charge in [-0.15, -0.1) is 0 Å². The van der Waals surface area contributed by atoms with Gasteiger partial charge in [0.25, 0.3) is 0 Å². The lowest BCUT2D eigenvalue weighted by molar-refractivity contribution is 0.627. The van der Waals surface area contributed by atoms with E-state index in [1.807, 2.05) is 0 Å². The Morgan fingerprint density at radius 2 is 2.21 bits per heavy atom. The molecule has 0 amide bonds. The Labute approximate surface area is 97.0 Å². The van der Waals surface area contributed by atoms with Crippen LogP contribution in [-0.2, 0) is 0 Å². The van der Waals surface area contributed by atoms with Gasteiger partial charge in [0.05, 0.1) is 0 Å². The minimum absolute atomic E-state index is 0.209. The van der Waals surface area contributed by atoms with Gasteiger partial charge in [0.1, 0.15) is 10.8 Å². The normalized spacial score (nSPS) is 10.5. The van der Waals surface area contributed by atoms with Gasteiger partial charge < -0.3 is 0 Å². The number of halogens is 3. The molecule has 1 heterocycles. The van der Waals surface area contributed by atoms with Crippen LogP contribution in [0.4, 0.5) is 4.39 Å². The SMILES string of the molecule is Fc1ccc(-c2nc(Cl)ns2)c(Br)c1. The van der Waals surface area contributed by atoms with Crippen LogP contribution in [0.15, 0.2) is 22.7 Å². The van der Waals surface area contributed by atoms with Gasteiger partial charge >= 0.3 is 0 Å². The van der Waals surface area contributed by atoms with Crippen LogP contribution in [0.3, 0.4) is 0 Å². The largest absolute Gasteiger partial charge is 0.234 e. The molecule has 2 aromatic rings. The molecule has 14 heavy (non-hydrogen) atoms. The summed E-state index contributed by atoms with van der Waals surface area (Å²) in [6.45, 7) is 0. The van der Waals surface area contributed by atoms with Gasteiger partial charge in [-0.05, 0) is 57.3 Å². The van der Waals surface area contributed by atoms with Gasteiger partial charge in [-0.25, -0.2) is 9.37 Å². The molecule has 0 atom stereocenters. The highest BCUT2D eigenvalue weighted by molar-refractivity contribution is 9.10. The Morgan fingerprint density at radius 1 is 1.43 bits per heavy atom. The van der Waals surface area contributed by atoms with E-state index in [2.05, 4.69) is 25.3 Å². The molecule has 2 nitrogen and oxygen atoms in total. The summed E-state index contributed by atoms with van der Waals surface area (Å²) in [4.78, 5) is 3.99. The van der Waals surface area contributed by atoms with Crippen molar-refractivity contribution in [1.82, 2.24) is 9.36 Å². The van der Waals surface area contributed by atoms with Crippen LogP contribution in [0, 0.1) is 5.82 Å². The molecule has 2 rings (SSSR count). The monoisotopic (exact) mass is 292 g/mol. The highest BCUT2D eigenvalue weighted by atomic mass is 79.9.